The van der Waals surface area contributed by atoms with E-state index in [0.29, 0.717) is 32.5 Å². The fraction of sp³-hybridized carbons (Fsp3) is 0.500. The summed E-state index contributed by atoms with van der Waals surface area (Å²) in [7, 11) is 0. The fourth-order valence-corrected chi connectivity index (χ4v) is 4.86. The number of carbonyl (C=O) groups excluding carboxylic acids is 1. The first-order chi connectivity index (χ1) is 15.3. The van der Waals surface area contributed by atoms with E-state index in [-0.39, 0.29) is 40.6 Å². The van der Waals surface area contributed by atoms with Gasteiger partial charge in [0.2, 0.25) is 11.3 Å². The van der Waals surface area contributed by atoms with Crippen molar-refractivity contribution in [3.05, 3.63) is 38.9 Å². The lowest BCUT2D eigenvalue weighted by atomic mass is 10.1. The molecule has 0 radical (unpaired) electrons. The molecule has 0 unspecified atom stereocenters. The van der Waals surface area contributed by atoms with E-state index in [4.69, 9.17) is 11.6 Å². The van der Waals surface area contributed by atoms with E-state index in [9.17, 15) is 29.0 Å². The predicted molar refractivity (Wildman–Crippen MR) is 118 cm³/mol. The number of aliphatic hydroxyl groups is 1. The van der Waals surface area contributed by atoms with E-state index in [1.54, 1.807) is 9.47 Å². The lowest BCUT2D eigenvalue weighted by molar-refractivity contribution is -0.130. The second-order valence-electron chi connectivity index (χ2n) is 8.39. The number of aryl methyl sites for hydroxylation is 1. The summed E-state index contributed by atoms with van der Waals surface area (Å²) in [6, 6.07) is 1.02. The molecule has 2 saturated heterocycles. The predicted octanol–water partition coefficient (Wildman–Crippen LogP) is 2.47. The largest absolute Gasteiger partial charge is 0.477 e. The number of hydrogen-bond acceptors (Lipinski definition) is 5. The molecule has 2 aliphatic heterocycles. The maximum Gasteiger partial charge on any atom is 0.341 e. The number of β-amino-alcohol motifs (C(OH)–C–C–N with tert-alkyl or cyclic N) is 1. The summed E-state index contributed by atoms with van der Waals surface area (Å²) in [4.78, 5) is 40.0. The number of pyridine rings is 1. The normalized spacial score (nSPS) is 17.5. The van der Waals surface area contributed by atoms with Crippen LogP contribution in [0.5, 0.6) is 0 Å². The number of hydrogen-bond donors (Lipinski definition) is 2. The van der Waals surface area contributed by atoms with Gasteiger partial charge >= 0.3 is 5.97 Å². The van der Waals surface area contributed by atoms with Gasteiger partial charge in [-0.2, -0.15) is 0 Å². The number of aromatic carboxylic acids is 1. The number of fused-ring (bicyclic) bond motifs is 1. The Kier molecular flexibility index (Phi) is 6.39. The molecule has 1 amide bonds. The Morgan fingerprint density at radius 1 is 1.19 bits per heavy atom. The molecule has 0 spiro atoms. The molecule has 10 heteroatoms. The molecule has 2 aliphatic rings. The highest BCUT2D eigenvalue weighted by molar-refractivity contribution is 6.38. The van der Waals surface area contributed by atoms with Gasteiger partial charge in [0, 0.05) is 45.3 Å². The minimum atomic E-state index is -1.40. The Labute approximate surface area is 188 Å². The number of rotatable bonds is 6. The van der Waals surface area contributed by atoms with Gasteiger partial charge in [-0.3, -0.25) is 9.59 Å². The van der Waals surface area contributed by atoms with Crippen LogP contribution < -0.4 is 10.3 Å². The lowest BCUT2D eigenvalue weighted by Gasteiger charge is -2.38. The Hall–Kier alpha value is -2.65. The van der Waals surface area contributed by atoms with Crippen LogP contribution in [0.4, 0.5) is 10.1 Å². The second kappa shape index (κ2) is 9.07. The highest BCUT2D eigenvalue weighted by atomic mass is 35.5. The first kappa shape index (κ1) is 22.5. The number of anilines is 1. The smallest absolute Gasteiger partial charge is 0.341 e. The molecule has 1 aromatic carbocycles. The minimum Gasteiger partial charge on any atom is -0.477 e. The van der Waals surface area contributed by atoms with Crippen molar-refractivity contribution in [2.24, 2.45) is 0 Å². The molecule has 1 aromatic heterocycles. The van der Waals surface area contributed by atoms with Crippen LogP contribution in [0.25, 0.3) is 10.9 Å². The van der Waals surface area contributed by atoms with Crippen LogP contribution in [0.1, 0.15) is 42.5 Å². The van der Waals surface area contributed by atoms with Crippen molar-refractivity contribution < 1.29 is 24.2 Å². The maximum absolute atomic E-state index is 14.9. The molecule has 4 rings (SSSR count). The Bertz CT molecular complexity index is 1130. The molecule has 2 N–H and O–H groups in total. The molecule has 0 atom stereocenters. The highest BCUT2D eigenvalue weighted by Crippen LogP contribution is 2.37. The molecule has 0 bridgehead atoms. The van der Waals surface area contributed by atoms with E-state index < -0.39 is 28.9 Å². The van der Waals surface area contributed by atoms with Gasteiger partial charge in [0.05, 0.1) is 27.7 Å². The number of carbonyl (C=O) groups is 2. The van der Waals surface area contributed by atoms with Gasteiger partial charge in [-0.05, 0) is 25.3 Å². The summed E-state index contributed by atoms with van der Waals surface area (Å²) >= 11 is 6.55. The molecule has 8 nitrogen and oxygen atoms in total. The Morgan fingerprint density at radius 2 is 1.94 bits per heavy atom. The van der Waals surface area contributed by atoms with Gasteiger partial charge in [0.25, 0.3) is 0 Å². The minimum absolute atomic E-state index is 0.00628. The molecule has 2 fully saturated rings. The van der Waals surface area contributed by atoms with Gasteiger partial charge in [0.1, 0.15) is 11.4 Å². The van der Waals surface area contributed by atoms with Gasteiger partial charge in [-0.25, -0.2) is 9.18 Å². The summed E-state index contributed by atoms with van der Waals surface area (Å²) in [5.74, 6) is -2.03. The van der Waals surface area contributed by atoms with Crippen LogP contribution in [0.15, 0.2) is 17.1 Å². The van der Waals surface area contributed by atoms with Crippen molar-refractivity contribution in [3.63, 3.8) is 0 Å². The average molecular weight is 466 g/mol. The monoisotopic (exact) mass is 465 g/mol. The van der Waals surface area contributed by atoms with Gasteiger partial charge in [-0.1, -0.05) is 18.0 Å². The third-order valence-corrected chi connectivity index (χ3v) is 6.49. The molecule has 0 aliphatic carbocycles. The van der Waals surface area contributed by atoms with Crippen molar-refractivity contribution in [3.8, 4) is 0 Å². The number of aliphatic hydroxyl groups excluding tert-OH is 1. The SMILES string of the molecule is O=C(O)c1cn(CCCN2CCCCCC2=O)c2c(Cl)c(N3CC(O)C3)c(F)cc2c1=O. The van der Waals surface area contributed by atoms with Crippen LogP contribution in [-0.4, -0.2) is 63.8 Å². The number of likely N-dealkylation sites (tertiary alicyclic amines) is 1. The van der Waals surface area contributed by atoms with Gasteiger partial charge < -0.3 is 24.6 Å². The standard InChI is InChI=1S/C22H25ClFN3O5/c23-18-19-14(9-16(24)20(18)27-10-13(28)11-27)21(30)15(22(31)32)12-26(19)8-4-7-25-6-3-1-2-5-17(25)29/h9,12-13,28H,1-8,10-11H2,(H,31,32). The summed E-state index contributed by atoms with van der Waals surface area (Å²) in [6.45, 7) is 1.93. The van der Waals surface area contributed by atoms with Crippen molar-refractivity contribution in [2.45, 2.75) is 44.8 Å². The second-order valence-corrected chi connectivity index (χ2v) is 8.77. The Balaban J connectivity index is 1.71. The Morgan fingerprint density at radius 3 is 2.62 bits per heavy atom. The summed E-state index contributed by atoms with van der Waals surface area (Å²) in [5.41, 5.74) is -0.932. The molecule has 32 heavy (non-hydrogen) atoms. The van der Waals surface area contributed by atoms with Crippen LogP contribution in [0, 0.1) is 5.82 Å². The van der Waals surface area contributed by atoms with E-state index in [1.807, 2.05) is 4.90 Å². The van der Waals surface area contributed by atoms with Gasteiger partial charge in [0.15, 0.2) is 0 Å². The first-order valence-corrected chi connectivity index (χ1v) is 11.1. The van der Waals surface area contributed by atoms with Crippen molar-refractivity contribution in [1.82, 2.24) is 9.47 Å². The lowest BCUT2D eigenvalue weighted by Crippen LogP contribution is -2.51. The van der Waals surface area contributed by atoms with Gasteiger partial charge in [-0.15, -0.1) is 0 Å². The van der Waals surface area contributed by atoms with E-state index >= 15 is 0 Å². The fourth-order valence-electron chi connectivity index (χ4n) is 4.44. The van der Waals surface area contributed by atoms with Crippen molar-refractivity contribution in [1.29, 1.82) is 0 Å². The molecule has 0 saturated carbocycles. The average Bonchev–Trinajstić information content (AvgIpc) is 2.92. The zero-order valence-corrected chi connectivity index (χ0v) is 18.3. The third-order valence-electron chi connectivity index (χ3n) is 6.14. The number of aromatic nitrogens is 1. The highest BCUT2D eigenvalue weighted by Gasteiger charge is 2.31. The van der Waals surface area contributed by atoms with Crippen LogP contribution in [-0.2, 0) is 11.3 Å². The summed E-state index contributed by atoms with van der Waals surface area (Å²) in [5, 5.41) is 19.0. The van der Waals surface area contributed by atoms with E-state index in [2.05, 4.69) is 0 Å². The number of carboxylic acid groups (broad SMARTS) is 1. The van der Waals surface area contributed by atoms with Crippen LogP contribution in [0.2, 0.25) is 5.02 Å². The first-order valence-electron chi connectivity index (χ1n) is 10.8. The zero-order valence-electron chi connectivity index (χ0n) is 17.5. The molecular weight excluding hydrogens is 441 g/mol. The van der Waals surface area contributed by atoms with Crippen LogP contribution in [0.3, 0.4) is 0 Å². The number of amides is 1. The number of carboxylic acids is 1. The number of nitrogens with zero attached hydrogens (tertiary/aromatic N) is 3. The quantitative estimate of drug-likeness (QED) is 0.679. The van der Waals surface area contributed by atoms with Crippen molar-refractivity contribution >= 4 is 40.1 Å². The molecule has 2 aromatic rings. The zero-order chi connectivity index (χ0) is 23.0. The van der Waals surface area contributed by atoms with E-state index in [0.717, 1.165) is 25.3 Å². The summed E-state index contributed by atoms with van der Waals surface area (Å²) in [6.07, 6.45) is 4.56. The maximum atomic E-state index is 14.9. The summed E-state index contributed by atoms with van der Waals surface area (Å²) < 4.78 is 16.4. The van der Waals surface area contributed by atoms with E-state index in [1.165, 1.54) is 6.20 Å². The van der Waals surface area contributed by atoms with Crippen molar-refractivity contribution in [2.75, 3.05) is 31.1 Å². The molecule has 172 valence electrons. The number of benzene rings is 1. The molecule has 3 heterocycles. The molecular formula is C22H25ClFN3O5. The topological polar surface area (TPSA) is 103 Å². The van der Waals surface area contributed by atoms with Crippen LogP contribution >= 0.6 is 11.6 Å². The number of halogens is 2. The third kappa shape index (κ3) is 4.19.